The van der Waals surface area contributed by atoms with Crippen molar-refractivity contribution in [2.24, 2.45) is 11.7 Å². The van der Waals surface area contributed by atoms with Gasteiger partial charge in [-0.15, -0.1) is 0 Å². The van der Waals surface area contributed by atoms with Crippen molar-refractivity contribution in [3.8, 4) is 17.1 Å². The Morgan fingerprint density at radius 2 is 1.30 bits per heavy atom. The Hall–Kier alpha value is -11.3. The number of hydrogen-bond acceptors (Lipinski definition) is 23. The molecule has 5 aliphatic heterocycles. The first kappa shape index (κ1) is 85.6. The molecule has 6 aliphatic rings. The fourth-order valence-corrected chi connectivity index (χ4v) is 16.7. The van der Waals surface area contributed by atoms with Crippen LogP contribution in [0, 0.1) is 30.3 Å². The van der Waals surface area contributed by atoms with Crippen molar-refractivity contribution in [1.82, 2.24) is 40.6 Å². The van der Waals surface area contributed by atoms with Crippen LogP contribution in [0.3, 0.4) is 0 Å². The molecule has 0 spiro atoms. The van der Waals surface area contributed by atoms with Crippen LogP contribution in [0.25, 0.3) is 22.3 Å². The quantitative estimate of drug-likeness (QED) is 0.0119. The van der Waals surface area contributed by atoms with Gasteiger partial charge in [0.2, 0.25) is 17.7 Å². The van der Waals surface area contributed by atoms with Gasteiger partial charge in [-0.3, -0.25) is 38.4 Å². The summed E-state index contributed by atoms with van der Waals surface area (Å²) in [6.07, 6.45) is 0.102. The van der Waals surface area contributed by atoms with Crippen molar-refractivity contribution in [2.45, 2.75) is 113 Å². The first-order valence-corrected chi connectivity index (χ1v) is 40.5. The molecular formula is C83H88F3N11O20S2. The fourth-order valence-electron chi connectivity index (χ4n) is 14.7. The molecule has 2 aromatic heterocycles. The van der Waals surface area contributed by atoms with Crippen LogP contribution in [0.5, 0.6) is 5.75 Å². The number of amides is 10. The van der Waals surface area contributed by atoms with Gasteiger partial charge in [-0.25, -0.2) is 37.4 Å². The molecule has 13 rings (SSSR count). The molecule has 7 aromatic rings. The number of imide groups is 1. The van der Waals surface area contributed by atoms with Gasteiger partial charge in [-0.1, -0.05) is 56.4 Å². The highest BCUT2D eigenvalue weighted by Crippen LogP contribution is 2.48. The van der Waals surface area contributed by atoms with Crippen molar-refractivity contribution in [2.75, 3.05) is 116 Å². The minimum atomic E-state index is -2.07. The van der Waals surface area contributed by atoms with Gasteiger partial charge in [-0.05, 0) is 134 Å². The van der Waals surface area contributed by atoms with E-state index in [0.29, 0.717) is 147 Å². The number of carbonyl (C=O) groups is 10. The number of aryl methyl sites for hydroxylation is 1. The van der Waals surface area contributed by atoms with E-state index in [1.807, 2.05) is 0 Å². The van der Waals surface area contributed by atoms with E-state index in [1.165, 1.54) is 10.6 Å². The minimum absolute atomic E-state index is 0.00941. The molecule has 8 N–H and O–H groups in total. The van der Waals surface area contributed by atoms with Crippen LogP contribution in [0.15, 0.2) is 121 Å². The maximum absolute atomic E-state index is 15.9. The van der Waals surface area contributed by atoms with Crippen molar-refractivity contribution in [3.05, 3.63) is 185 Å². The normalized spacial score (nSPS) is 17.3. The molecule has 36 heteroatoms. The van der Waals surface area contributed by atoms with Crippen LogP contribution in [-0.2, 0) is 93.7 Å². The number of primary amides is 1. The van der Waals surface area contributed by atoms with Crippen LogP contribution in [0.2, 0.25) is 0 Å². The Balaban J connectivity index is 0.545. The number of nitrogens with zero attached hydrogens (tertiary/aromatic N) is 5. The van der Waals surface area contributed by atoms with Crippen LogP contribution < -0.4 is 47.5 Å². The molecule has 0 bridgehead atoms. The third-order valence-electron chi connectivity index (χ3n) is 21.1. The fraction of sp³-hybridized carbons (Fsp3) is 0.398. The monoisotopic (exact) mass is 1680 g/mol. The number of halogens is 3. The average molecular weight is 1680 g/mol. The highest BCUT2D eigenvalue weighted by atomic mass is 32.2. The Morgan fingerprint density at radius 3 is 1.88 bits per heavy atom. The molecule has 2 fully saturated rings. The smallest absolute Gasteiger partial charge is 0.407 e. The molecule has 0 unspecified atom stereocenters. The van der Waals surface area contributed by atoms with E-state index >= 15 is 13.2 Å². The lowest BCUT2D eigenvalue weighted by atomic mass is 9.81. The molecule has 4 atom stereocenters. The minimum Gasteiger partial charge on any atom is -0.485 e. The number of pyridine rings is 2. The maximum Gasteiger partial charge on any atom is 0.407 e. The van der Waals surface area contributed by atoms with E-state index in [2.05, 4.69) is 26.6 Å². The largest absolute Gasteiger partial charge is 0.485 e. The molecule has 119 heavy (non-hydrogen) atoms. The number of benzene rings is 5. The number of esters is 1. The van der Waals surface area contributed by atoms with Gasteiger partial charge in [-0.2, -0.15) is 0 Å². The molecular weight excluding hydrogens is 1590 g/mol. The number of rotatable bonds is 33. The summed E-state index contributed by atoms with van der Waals surface area (Å²) in [7, 11) is 0. The molecule has 5 aromatic carbocycles. The zero-order valence-corrected chi connectivity index (χ0v) is 67.1. The van der Waals surface area contributed by atoms with Crippen molar-refractivity contribution >= 4 is 105 Å². The van der Waals surface area contributed by atoms with E-state index in [1.54, 1.807) is 116 Å². The number of thioether (sulfide) groups is 2. The van der Waals surface area contributed by atoms with Crippen molar-refractivity contribution < 1.29 is 104 Å². The van der Waals surface area contributed by atoms with Crippen LogP contribution in [0.4, 0.5) is 34.1 Å². The number of nitrogens with two attached hydrogens (primary N) is 1. The summed E-state index contributed by atoms with van der Waals surface area (Å²) in [6.45, 7) is 8.65. The SMILES string of the molecule is CC[C@@]1(O)C(=O)OCc2c1cc1n(c2=O)Cc2c-1nc1cc(F)c(C)c3c1c2[C@@H](NC(=O)OCc1ccc(NC(=O)[C@H](CCCNC(N)=O)NC(=O)[C@@H](NC(=O)COCCOCCOCCOc2c(F)cc(N4C(=O)C(Sc5ccc(C(=O)N6CCOCC6)cc5)=C(Sc5ccc(C(=O)N6CCOCC6)cc5)C4=O)cc2F)C(C)C)cc1)CC3. The van der Waals surface area contributed by atoms with Gasteiger partial charge in [0.1, 0.15) is 44.3 Å². The number of carbonyl (C=O) groups excluding carboxylic acids is 10. The summed E-state index contributed by atoms with van der Waals surface area (Å²) in [6, 6.07) is 20.0. The van der Waals surface area contributed by atoms with Gasteiger partial charge in [0.05, 0.1) is 110 Å². The number of urea groups is 1. The first-order chi connectivity index (χ1) is 57.3. The number of cyclic esters (lactones) is 1. The van der Waals surface area contributed by atoms with E-state index < -0.39 is 118 Å². The number of morpholine rings is 2. The van der Waals surface area contributed by atoms with Gasteiger partial charge in [0, 0.05) is 94.0 Å². The number of aromatic nitrogens is 2. The highest BCUT2D eigenvalue weighted by Gasteiger charge is 2.47. The zero-order valence-electron chi connectivity index (χ0n) is 65.5. The molecule has 0 radical (unpaired) electrons. The molecule has 0 saturated carbocycles. The summed E-state index contributed by atoms with van der Waals surface area (Å²) in [5, 5.41) is 25.7. The van der Waals surface area contributed by atoms with Gasteiger partial charge >= 0.3 is 18.1 Å². The van der Waals surface area contributed by atoms with Crippen molar-refractivity contribution in [3.63, 3.8) is 0 Å². The predicted molar refractivity (Wildman–Crippen MR) is 426 cm³/mol. The number of nitrogens with one attached hydrogen (secondary N) is 5. The molecule has 7 heterocycles. The van der Waals surface area contributed by atoms with Crippen LogP contribution in [0.1, 0.15) is 112 Å². The molecule has 2 saturated heterocycles. The molecule has 31 nitrogen and oxygen atoms in total. The van der Waals surface area contributed by atoms with E-state index in [9.17, 15) is 57.8 Å². The molecule has 628 valence electrons. The summed E-state index contributed by atoms with van der Waals surface area (Å²) in [5.74, 6) is -9.14. The number of fused-ring (bicyclic) bond motifs is 5. The summed E-state index contributed by atoms with van der Waals surface area (Å²) >= 11 is 1.89. The summed E-state index contributed by atoms with van der Waals surface area (Å²) in [5.41, 5.74) is 7.55. The molecule has 10 amide bonds. The van der Waals surface area contributed by atoms with Gasteiger partial charge < -0.3 is 89.7 Å². The van der Waals surface area contributed by atoms with E-state index in [4.69, 9.17) is 48.6 Å². The second-order valence-corrected chi connectivity index (χ2v) is 31.3. The lowest BCUT2D eigenvalue weighted by Gasteiger charge is -2.31. The Morgan fingerprint density at radius 1 is 0.714 bits per heavy atom. The van der Waals surface area contributed by atoms with Crippen molar-refractivity contribution in [1.29, 1.82) is 0 Å². The van der Waals surface area contributed by atoms with E-state index in [0.717, 1.165) is 35.7 Å². The zero-order chi connectivity index (χ0) is 84.3. The van der Waals surface area contributed by atoms with Crippen LogP contribution in [-0.4, -0.2) is 201 Å². The second-order valence-electron chi connectivity index (χ2n) is 29.1. The second kappa shape index (κ2) is 38.2. The Kier molecular flexibility index (Phi) is 27.5. The third kappa shape index (κ3) is 19.4. The number of anilines is 2. The molecule has 1 aliphatic carbocycles. The lowest BCUT2D eigenvalue weighted by Crippen LogP contribution is -2.55. The van der Waals surface area contributed by atoms with E-state index in [-0.39, 0.29) is 118 Å². The van der Waals surface area contributed by atoms with Gasteiger partial charge in [0.15, 0.2) is 23.0 Å². The standard InChI is InChI=1S/C83H88F3N11O20S2/c1-5-83(109)57-39-64-69-55(41-96(64)77(103)56(57)43-116-80(83)106)67-61(21-20-54-46(4)58(84)40-63(90-69)66(54)67)92-82(108)117-42-47-8-14-50(15-9-47)89-73(99)62(7-6-22-88-81(87)107)91-74(100)68(45(2)3)93-65(98)44-114-34-33-112-31-32-113-35-36-115-70-59(85)37-51(38-60(70)86)97-78(104)71(118-52-16-10-48(11-17-52)75(101)94-23-27-110-28-24-94)72(79(97)105)119-53-18-12-49(13-19-53)76(102)95-25-29-111-30-26-95/h8-19,37-40,45,61-62,68,109H,5-7,20-36,41-44H2,1-4H3,(H,89,99)(H,91,100)(H,92,108)(H,93,98)(H3,87,88,107)/t61-,62-,68-,83-/m0/s1. The van der Waals surface area contributed by atoms with Crippen LogP contribution >= 0.6 is 23.5 Å². The number of hydrogen-bond donors (Lipinski definition) is 7. The Bertz CT molecular complexity index is 5080. The lowest BCUT2D eigenvalue weighted by molar-refractivity contribution is -0.172. The first-order valence-electron chi connectivity index (χ1n) is 38.8. The number of aliphatic hydroxyl groups is 1. The topological polar surface area (TPSA) is 396 Å². The van der Waals surface area contributed by atoms with Gasteiger partial charge in [0.25, 0.3) is 29.2 Å². The maximum atomic E-state index is 15.9. The third-order valence-corrected chi connectivity index (χ3v) is 23.4. The summed E-state index contributed by atoms with van der Waals surface area (Å²) in [4.78, 5) is 158. The highest BCUT2D eigenvalue weighted by molar-refractivity contribution is 8.08. The number of alkyl carbamates (subject to hydrolysis) is 1. The summed E-state index contributed by atoms with van der Waals surface area (Å²) < 4.78 is 92.5. The average Bonchev–Trinajstić information content (AvgIpc) is 1.59. The number of ether oxygens (including phenoxy) is 8. The predicted octanol–water partition coefficient (Wildman–Crippen LogP) is 7.47. The Labute approximate surface area is 688 Å².